The fourth-order valence-electron chi connectivity index (χ4n) is 3.48. The van der Waals surface area contributed by atoms with Crippen LogP contribution in [0.25, 0.3) is 11.4 Å². The van der Waals surface area contributed by atoms with E-state index >= 15 is 0 Å². The smallest absolute Gasteiger partial charge is 0.240 e. The van der Waals surface area contributed by atoms with Gasteiger partial charge in [-0.2, -0.15) is 0 Å². The number of hydrogen-bond donors (Lipinski definition) is 0. The van der Waals surface area contributed by atoms with Gasteiger partial charge in [0.2, 0.25) is 5.91 Å². The summed E-state index contributed by atoms with van der Waals surface area (Å²) in [6, 6.07) is 12.1. The van der Waals surface area contributed by atoms with E-state index in [1.54, 1.807) is 12.4 Å². The van der Waals surface area contributed by atoms with Gasteiger partial charge in [-0.15, -0.1) is 10.2 Å². The van der Waals surface area contributed by atoms with Crippen molar-refractivity contribution in [3.8, 4) is 11.4 Å². The third-order valence-electron chi connectivity index (χ3n) is 4.85. The van der Waals surface area contributed by atoms with Crippen LogP contribution in [0, 0.1) is 0 Å². The number of carbonyl (C=O) groups is 1. The molecule has 1 amide bonds. The third kappa shape index (κ3) is 3.23. The van der Waals surface area contributed by atoms with Crippen LogP contribution >= 0.6 is 11.8 Å². The zero-order valence-corrected chi connectivity index (χ0v) is 16.3. The third-order valence-corrected chi connectivity index (χ3v) is 5.97. The van der Waals surface area contributed by atoms with E-state index in [2.05, 4.69) is 28.2 Å². The average Bonchev–Trinajstić information content (AvgIpc) is 3.21. The number of fused-ring (bicyclic) bond motifs is 1. The Bertz CT molecular complexity index is 972. The van der Waals surface area contributed by atoms with Crippen LogP contribution < -0.4 is 4.90 Å². The summed E-state index contributed by atoms with van der Waals surface area (Å²) in [5.74, 6) is 0.866. The number of aromatic nitrogens is 4. The molecule has 0 aliphatic carbocycles. The number of anilines is 1. The van der Waals surface area contributed by atoms with Crippen molar-refractivity contribution in [3.05, 3.63) is 54.4 Å². The van der Waals surface area contributed by atoms with Crippen molar-refractivity contribution in [3.63, 3.8) is 0 Å². The molecule has 3 heterocycles. The van der Waals surface area contributed by atoms with Gasteiger partial charge >= 0.3 is 0 Å². The van der Waals surface area contributed by atoms with Crippen LogP contribution in [-0.2, 0) is 18.3 Å². The van der Waals surface area contributed by atoms with Gasteiger partial charge in [-0.3, -0.25) is 9.78 Å². The second-order valence-corrected chi connectivity index (χ2v) is 8.06. The topological polar surface area (TPSA) is 63.9 Å². The van der Waals surface area contributed by atoms with Gasteiger partial charge in [0, 0.05) is 36.7 Å². The second kappa shape index (κ2) is 7.15. The molecule has 1 aromatic carbocycles. The first-order valence-electron chi connectivity index (χ1n) is 8.93. The molecule has 27 heavy (non-hydrogen) atoms. The molecule has 138 valence electrons. The van der Waals surface area contributed by atoms with E-state index in [1.165, 1.54) is 17.3 Å². The molecule has 0 unspecified atom stereocenters. The standard InChI is InChI=1S/C20H21N5OS/c1-13-12-16-6-4-5-7-17(16)25(13)19(26)14(2)27-20-23-22-18(24(20)3)15-8-10-21-11-9-15/h4-11,13-14H,12H2,1-3H3/t13-,14-/m0/s1. The van der Waals surface area contributed by atoms with Crippen molar-refractivity contribution in [1.82, 2.24) is 19.7 Å². The zero-order valence-electron chi connectivity index (χ0n) is 15.5. The molecule has 6 nitrogen and oxygen atoms in total. The van der Waals surface area contributed by atoms with E-state index in [1.807, 2.05) is 53.8 Å². The maximum atomic E-state index is 13.2. The highest BCUT2D eigenvalue weighted by atomic mass is 32.2. The number of amides is 1. The lowest BCUT2D eigenvalue weighted by Gasteiger charge is -2.25. The van der Waals surface area contributed by atoms with Crippen molar-refractivity contribution in [2.24, 2.45) is 7.05 Å². The van der Waals surface area contributed by atoms with Gasteiger partial charge in [-0.1, -0.05) is 30.0 Å². The van der Waals surface area contributed by atoms with Crippen molar-refractivity contribution in [2.75, 3.05) is 4.90 Å². The minimum absolute atomic E-state index is 0.103. The van der Waals surface area contributed by atoms with Crippen molar-refractivity contribution in [2.45, 2.75) is 36.7 Å². The largest absolute Gasteiger partial charge is 0.308 e. The SMILES string of the molecule is C[C@H](Sc1nnc(-c2ccncc2)n1C)C(=O)N1c2ccccc2C[C@@H]1C. The Hall–Kier alpha value is -2.67. The molecular weight excluding hydrogens is 358 g/mol. The lowest BCUT2D eigenvalue weighted by atomic mass is 10.1. The number of benzene rings is 1. The molecule has 2 atom stereocenters. The van der Waals surface area contributed by atoms with Gasteiger partial charge in [0.15, 0.2) is 11.0 Å². The molecule has 0 saturated heterocycles. The first-order chi connectivity index (χ1) is 13.1. The van der Waals surface area contributed by atoms with Gasteiger partial charge in [0.05, 0.1) is 5.25 Å². The van der Waals surface area contributed by atoms with E-state index in [0.717, 1.165) is 28.7 Å². The van der Waals surface area contributed by atoms with Crippen LogP contribution in [0.1, 0.15) is 19.4 Å². The molecule has 0 N–H and O–H groups in total. The fraction of sp³-hybridized carbons (Fsp3) is 0.300. The number of pyridine rings is 1. The van der Waals surface area contributed by atoms with Crippen molar-refractivity contribution < 1.29 is 4.79 Å². The summed E-state index contributed by atoms with van der Waals surface area (Å²) in [5, 5.41) is 9.04. The number of thioether (sulfide) groups is 1. The van der Waals surface area contributed by atoms with Crippen LogP contribution in [-0.4, -0.2) is 36.9 Å². The summed E-state index contributed by atoms with van der Waals surface area (Å²) in [6.45, 7) is 4.03. The number of rotatable bonds is 4. The highest BCUT2D eigenvalue weighted by Crippen LogP contribution is 2.34. The van der Waals surface area contributed by atoms with Crippen LogP contribution in [0.15, 0.2) is 53.9 Å². The lowest BCUT2D eigenvalue weighted by Crippen LogP contribution is -2.40. The summed E-state index contributed by atoms with van der Waals surface area (Å²) in [6.07, 6.45) is 4.36. The summed E-state index contributed by atoms with van der Waals surface area (Å²) in [5.41, 5.74) is 3.21. The minimum atomic E-state index is -0.258. The van der Waals surface area contributed by atoms with Crippen molar-refractivity contribution in [1.29, 1.82) is 0 Å². The number of para-hydroxylation sites is 1. The van der Waals surface area contributed by atoms with Gasteiger partial charge < -0.3 is 9.47 Å². The lowest BCUT2D eigenvalue weighted by molar-refractivity contribution is -0.118. The van der Waals surface area contributed by atoms with E-state index in [0.29, 0.717) is 0 Å². The van der Waals surface area contributed by atoms with E-state index in [4.69, 9.17) is 0 Å². The predicted molar refractivity (Wildman–Crippen MR) is 107 cm³/mol. The Kier molecular flexibility index (Phi) is 4.70. The van der Waals surface area contributed by atoms with E-state index in [9.17, 15) is 4.79 Å². The molecular formula is C20H21N5OS. The molecule has 0 spiro atoms. The van der Waals surface area contributed by atoms with Crippen LogP contribution in [0.3, 0.4) is 0 Å². The molecule has 1 aliphatic heterocycles. The second-order valence-electron chi connectivity index (χ2n) is 6.75. The summed E-state index contributed by atoms with van der Waals surface area (Å²) in [7, 11) is 1.92. The van der Waals surface area contributed by atoms with Gasteiger partial charge in [-0.25, -0.2) is 0 Å². The van der Waals surface area contributed by atoms with E-state index < -0.39 is 0 Å². The van der Waals surface area contributed by atoms with Gasteiger partial charge in [-0.05, 0) is 44.0 Å². The molecule has 2 aromatic heterocycles. The fourth-order valence-corrected chi connectivity index (χ4v) is 4.34. The molecule has 7 heteroatoms. The van der Waals surface area contributed by atoms with E-state index in [-0.39, 0.29) is 17.2 Å². The molecule has 0 bridgehead atoms. The number of nitrogens with zero attached hydrogens (tertiary/aromatic N) is 5. The highest BCUT2D eigenvalue weighted by Gasteiger charge is 2.34. The molecule has 4 rings (SSSR count). The Morgan fingerprint density at radius 3 is 2.70 bits per heavy atom. The monoisotopic (exact) mass is 379 g/mol. The van der Waals surface area contributed by atoms with Crippen LogP contribution in [0.2, 0.25) is 0 Å². The molecule has 0 saturated carbocycles. The Morgan fingerprint density at radius 1 is 1.19 bits per heavy atom. The highest BCUT2D eigenvalue weighted by molar-refractivity contribution is 8.00. The predicted octanol–water partition coefficient (Wildman–Crippen LogP) is 3.34. The minimum Gasteiger partial charge on any atom is -0.308 e. The zero-order chi connectivity index (χ0) is 19.0. The summed E-state index contributed by atoms with van der Waals surface area (Å²) in [4.78, 5) is 19.1. The number of carbonyl (C=O) groups excluding carboxylic acids is 1. The Morgan fingerprint density at radius 2 is 1.93 bits per heavy atom. The first kappa shape index (κ1) is 17.7. The number of hydrogen-bond acceptors (Lipinski definition) is 5. The van der Waals surface area contributed by atoms with Crippen LogP contribution in [0.4, 0.5) is 5.69 Å². The average molecular weight is 379 g/mol. The molecule has 0 radical (unpaired) electrons. The Balaban J connectivity index is 1.54. The maximum absolute atomic E-state index is 13.2. The van der Waals surface area contributed by atoms with Gasteiger partial charge in [0.1, 0.15) is 0 Å². The van der Waals surface area contributed by atoms with Gasteiger partial charge in [0.25, 0.3) is 0 Å². The summed E-state index contributed by atoms with van der Waals surface area (Å²) >= 11 is 1.44. The molecule has 1 aliphatic rings. The molecule has 0 fully saturated rings. The maximum Gasteiger partial charge on any atom is 0.240 e. The van der Waals surface area contributed by atoms with Crippen molar-refractivity contribution >= 4 is 23.4 Å². The van der Waals surface area contributed by atoms with Crippen LogP contribution in [0.5, 0.6) is 0 Å². The normalized spacial score (nSPS) is 17.0. The summed E-state index contributed by atoms with van der Waals surface area (Å²) < 4.78 is 1.92. The first-order valence-corrected chi connectivity index (χ1v) is 9.81. The Labute approximate surface area is 162 Å². The quantitative estimate of drug-likeness (QED) is 0.651. The molecule has 3 aromatic rings.